The summed E-state index contributed by atoms with van der Waals surface area (Å²) in [5, 5.41) is 11.4. The molecule has 0 bridgehead atoms. The zero-order chi connectivity index (χ0) is 16.2. The average Bonchev–Trinajstić information content (AvgIpc) is 3.27. The van der Waals surface area contributed by atoms with Gasteiger partial charge in [0.05, 0.1) is 6.61 Å². The molecule has 0 saturated heterocycles. The molecule has 6 heteroatoms. The quantitative estimate of drug-likeness (QED) is 0.593. The van der Waals surface area contributed by atoms with Crippen LogP contribution in [-0.4, -0.2) is 29.6 Å². The number of amides is 1. The van der Waals surface area contributed by atoms with Gasteiger partial charge in [0.15, 0.2) is 0 Å². The van der Waals surface area contributed by atoms with Gasteiger partial charge in [0.2, 0.25) is 5.91 Å². The third kappa shape index (κ3) is 3.63. The van der Waals surface area contributed by atoms with Crippen molar-refractivity contribution in [1.29, 1.82) is 0 Å². The maximum absolute atomic E-state index is 12.3. The molecule has 118 valence electrons. The molecule has 1 aliphatic rings. The van der Waals surface area contributed by atoms with Gasteiger partial charge in [-0.25, -0.2) is 0 Å². The van der Waals surface area contributed by atoms with Crippen LogP contribution in [0.5, 0.6) is 0 Å². The van der Waals surface area contributed by atoms with Gasteiger partial charge in [-0.05, 0) is 43.9 Å². The van der Waals surface area contributed by atoms with Gasteiger partial charge in [0, 0.05) is 12.1 Å². The van der Waals surface area contributed by atoms with E-state index in [1.165, 1.54) is 0 Å². The SMILES string of the molecule is CCOC(=O)C1(C(=O)Nc2cccc(CCC(=O)O)c2)CC1. The van der Waals surface area contributed by atoms with E-state index in [0.29, 0.717) is 24.9 Å². The van der Waals surface area contributed by atoms with Gasteiger partial charge < -0.3 is 15.2 Å². The lowest BCUT2D eigenvalue weighted by molar-refractivity contribution is -0.152. The highest BCUT2D eigenvalue weighted by molar-refractivity contribution is 6.11. The molecule has 1 aliphatic carbocycles. The highest BCUT2D eigenvalue weighted by Gasteiger charge is 2.58. The molecule has 6 nitrogen and oxygen atoms in total. The van der Waals surface area contributed by atoms with Gasteiger partial charge >= 0.3 is 11.9 Å². The average molecular weight is 305 g/mol. The van der Waals surface area contributed by atoms with Gasteiger partial charge in [0.25, 0.3) is 0 Å². The van der Waals surface area contributed by atoms with Crippen LogP contribution in [-0.2, 0) is 25.5 Å². The summed E-state index contributed by atoms with van der Waals surface area (Å²) in [4.78, 5) is 34.7. The zero-order valence-corrected chi connectivity index (χ0v) is 12.4. The summed E-state index contributed by atoms with van der Waals surface area (Å²) in [6, 6.07) is 6.99. The van der Waals surface area contributed by atoms with E-state index >= 15 is 0 Å². The number of carbonyl (C=O) groups is 3. The fraction of sp³-hybridized carbons (Fsp3) is 0.438. The molecule has 0 heterocycles. The highest BCUT2D eigenvalue weighted by Crippen LogP contribution is 2.47. The largest absolute Gasteiger partial charge is 0.481 e. The monoisotopic (exact) mass is 305 g/mol. The van der Waals surface area contributed by atoms with Crippen LogP contribution in [0.2, 0.25) is 0 Å². The van der Waals surface area contributed by atoms with Crippen molar-refractivity contribution in [2.75, 3.05) is 11.9 Å². The number of ether oxygens (including phenoxy) is 1. The second-order valence-corrected chi connectivity index (χ2v) is 5.35. The Labute approximate surface area is 128 Å². The molecule has 0 spiro atoms. The van der Waals surface area contributed by atoms with Gasteiger partial charge in [-0.1, -0.05) is 12.1 Å². The van der Waals surface area contributed by atoms with E-state index in [1.807, 2.05) is 0 Å². The van der Waals surface area contributed by atoms with Gasteiger partial charge in [-0.2, -0.15) is 0 Å². The van der Waals surface area contributed by atoms with Crippen molar-refractivity contribution in [3.63, 3.8) is 0 Å². The molecule has 2 rings (SSSR count). The summed E-state index contributed by atoms with van der Waals surface area (Å²) in [5.41, 5.74) is 0.331. The lowest BCUT2D eigenvalue weighted by atomic mass is 10.1. The van der Waals surface area contributed by atoms with E-state index in [0.717, 1.165) is 5.56 Å². The Morgan fingerprint density at radius 3 is 2.64 bits per heavy atom. The van der Waals surface area contributed by atoms with Crippen LogP contribution < -0.4 is 5.32 Å². The Kier molecular flexibility index (Phi) is 4.80. The van der Waals surface area contributed by atoms with Crippen LogP contribution >= 0.6 is 0 Å². The molecule has 0 aliphatic heterocycles. The number of hydrogen-bond donors (Lipinski definition) is 2. The lowest BCUT2D eigenvalue weighted by Crippen LogP contribution is -2.33. The molecule has 1 fully saturated rings. The predicted molar refractivity (Wildman–Crippen MR) is 79.3 cm³/mol. The minimum atomic E-state index is -1.05. The summed E-state index contributed by atoms with van der Waals surface area (Å²) < 4.78 is 4.95. The molecule has 1 amide bonds. The van der Waals surface area contributed by atoms with Crippen molar-refractivity contribution >= 4 is 23.5 Å². The van der Waals surface area contributed by atoms with E-state index in [9.17, 15) is 14.4 Å². The molecule has 0 aromatic heterocycles. The molecule has 1 saturated carbocycles. The molecular weight excluding hydrogens is 286 g/mol. The number of aliphatic carboxylic acids is 1. The molecule has 1 aromatic rings. The first kappa shape index (κ1) is 16.0. The van der Waals surface area contributed by atoms with Crippen LogP contribution in [0.25, 0.3) is 0 Å². The highest BCUT2D eigenvalue weighted by atomic mass is 16.5. The summed E-state index contributed by atoms with van der Waals surface area (Å²) in [7, 11) is 0. The van der Waals surface area contributed by atoms with Crippen LogP contribution in [0.15, 0.2) is 24.3 Å². The smallest absolute Gasteiger partial charge is 0.321 e. The Bertz CT molecular complexity index is 592. The summed E-state index contributed by atoms with van der Waals surface area (Å²) >= 11 is 0. The standard InChI is InChI=1S/C16H19NO5/c1-2-22-15(21)16(8-9-16)14(20)17-12-5-3-4-11(10-12)6-7-13(18)19/h3-5,10H,2,6-9H2,1H3,(H,17,20)(H,18,19). The van der Waals surface area contributed by atoms with Crippen LogP contribution in [0.4, 0.5) is 5.69 Å². The van der Waals surface area contributed by atoms with Crippen molar-refractivity contribution in [3.8, 4) is 0 Å². The first-order valence-corrected chi connectivity index (χ1v) is 7.27. The molecule has 22 heavy (non-hydrogen) atoms. The first-order valence-electron chi connectivity index (χ1n) is 7.27. The van der Waals surface area contributed by atoms with Crippen LogP contribution in [0.1, 0.15) is 31.7 Å². The number of benzene rings is 1. The predicted octanol–water partition coefficient (Wildman–Crippen LogP) is 1.99. The van der Waals surface area contributed by atoms with Crippen molar-refractivity contribution in [1.82, 2.24) is 0 Å². The molecular formula is C16H19NO5. The van der Waals surface area contributed by atoms with E-state index < -0.39 is 17.4 Å². The second kappa shape index (κ2) is 6.60. The van der Waals surface area contributed by atoms with Crippen LogP contribution in [0.3, 0.4) is 0 Å². The second-order valence-electron chi connectivity index (χ2n) is 5.35. The maximum atomic E-state index is 12.3. The van der Waals surface area contributed by atoms with E-state index in [1.54, 1.807) is 31.2 Å². The lowest BCUT2D eigenvalue weighted by Gasteiger charge is -2.14. The molecule has 0 radical (unpaired) electrons. The van der Waals surface area contributed by atoms with Gasteiger partial charge in [-0.15, -0.1) is 0 Å². The van der Waals surface area contributed by atoms with E-state index in [2.05, 4.69) is 5.32 Å². The van der Waals surface area contributed by atoms with Gasteiger partial charge in [0.1, 0.15) is 5.41 Å². The van der Waals surface area contributed by atoms with Crippen molar-refractivity contribution in [3.05, 3.63) is 29.8 Å². The number of hydrogen-bond acceptors (Lipinski definition) is 4. The normalized spacial score (nSPS) is 15.0. The van der Waals surface area contributed by atoms with Crippen molar-refractivity contribution in [2.45, 2.75) is 32.6 Å². The van der Waals surface area contributed by atoms with Crippen molar-refractivity contribution < 1.29 is 24.2 Å². The van der Waals surface area contributed by atoms with E-state index in [4.69, 9.17) is 9.84 Å². The molecule has 1 aromatic carbocycles. The minimum absolute atomic E-state index is 0.0319. The molecule has 2 N–H and O–H groups in total. The number of carboxylic acids is 1. The van der Waals surface area contributed by atoms with Gasteiger partial charge in [-0.3, -0.25) is 14.4 Å². The number of rotatable bonds is 7. The summed E-state index contributed by atoms with van der Waals surface area (Å²) in [6.07, 6.45) is 1.42. The number of carboxylic acid groups (broad SMARTS) is 1. The van der Waals surface area contributed by atoms with Crippen LogP contribution in [0, 0.1) is 5.41 Å². The Balaban J connectivity index is 2.01. The topological polar surface area (TPSA) is 92.7 Å². The fourth-order valence-corrected chi connectivity index (χ4v) is 2.22. The fourth-order valence-electron chi connectivity index (χ4n) is 2.22. The number of carbonyl (C=O) groups excluding carboxylic acids is 2. The molecule has 0 unspecified atom stereocenters. The Hall–Kier alpha value is -2.37. The maximum Gasteiger partial charge on any atom is 0.321 e. The number of aryl methyl sites for hydroxylation is 1. The Morgan fingerprint density at radius 2 is 2.05 bits per heavy atom. The van der Waals surface area contributed by atoms with Crippen molar-refractivity contribution in [2.24, 2.45) is 5.41 Å². The Morgan fingerprint density at radius 1 is 1.32 bits per heavy atom. The third-order valence-electron chi connectivity index (χ3n) is 3.66. The first-order chi connectivity index (χ1) is 10.5. The molecule has 0 atom stereocenters. The summed E-state index contributed by atoms with van der Waals surface area (Å²) in [6.45, 7) is 1.95. The van der Waals surface area contributed by atoms with E-state index in [-0.39, 0.29) is 18.9 Å². The number of nitrogens with one attached hydrogen (secondary N) is 1. The number of esters is 1. The summed E-state index contributed by atoms with van der Waals surface area (Å²) in [5.74, 6) is -1.70. The third-order valence-corrected chi connectivity index (χ3v) is 3.66. The number of anilines is 1. The minimum Gasteiger partial charge on any atom is -0.481 e. The zero-order valence-electron chi connectivity index (χ0n) is 12.4.